The lowest BCUT2D eigenvalue weighted by atomic mass is 10.5. The fraction of sp³-hybridized carbons (Fsp3) is 0.600. The molecular weight excluding hydrogens is 122 g/mol. The first kappa shape index (κ1) is 6.35. The van der Waals surface area contributed by atoms with Gasteiger partial charge in [-0.15, -0.1) is 0 Å². The van der Waals surface area contributed by atoms with Crippen LogP contribution in [0.15, 0.2) is 0 Å². The van der Waals surface area contributed by atoms with E-state index >= 15 is 0 Å². The molecule has 51 valence electrons. The molecule has 1 radical (unpaired) electrons. The maximum absolute atomic E-state index is 10.5. The van der Waals surface area contributed by atoms with Crippen LogP contribution >= 0.6 is 0 Å². The maximum Gasteiger partial charge on any atom is 0.410 e. The zero-order valence-electron chi connectivity index (χ0n) is 4.91. The quantitative estimate of drug-likeness (QED) is 0.553. The molecule has 0 unspecified atom stereocenters. The molecular formula is C5H8NO3. The topological polar surface area (TPSA) is 49.8 Å². The Hall–Kier alpha value is -0.770. The number of aliphatic hydroxyl groups excluding tert-OH is 1. The molecule has 0 atom stereocenters. The molecule has 1 aliphatic rings. The lowest BCUT2D eigenvalue weighted by Crippen LogP contribution is -2.26. The highest BCUT2D eigenvalue weighted by Gasteiger charge is 2.20. The lowest BCUT2D eigenvalue weighted by Gasteiger charge is -2.08. The Morgan fingerprint density at radius 2 is 2.67 bits per heavy atom. The van der Waals surface area contributed by atoms with Gasteiger partial charge in [0.2, 0.25) is 0 Å². The normalized spacial score (nSPS) is 18.3. The van der Waals surface area contributed by atoms with Crippen molar-refractivity contribution in [1.29, 1.82) is 0 Å². The molecule has 4 nitrogen and oxygen atoms in total. The molecule has 1 heterocycles. The molecule has 9 heavy (non-hydrogen) atoms. The van der Waals surface area contributed by atoms with E-state index in [4.69, 9.17) is 5.11 Å². The van der Waals surface area contributed by atoms with Crippen molar-refractivity contribution >= 4 is 6.09 Å². The highest BCUT2D eigenvalue weighted by molar-refractivity contribution is 5.70. The standard InChI is InChI=1S/C5H8NO3/c7-3-1-6-2-4-9-5(6)8/h4,7H,1-3H2. The van der Waals surface area contributed by atoms with Gasteiger partial charge in [0.1, 0.15) is 0 Å². The highest BCUT2D eigenvalue weighted by Crippen LogP contribution is 2.04. The Balaban J connectivity index is 2.31. The molecule has 1 amide bonds. The van der Waals surface area contributed by atoms with E-state index in [0.717, 1.165) is 0 Å². The van der Waals surface area contributed by atoms with Gasteiger partial charge >= 0.3 is 6.09 Å². The number of hydrogen-bond donors (Lipinski definition) is 1. The summed E-state index contributed by atoms with van der Waals surface area (Å²) < 4.78 is 4.47. The van der Waals surface area contributed by atoms with Crippen LogP contribution < -0.4 is 0 Å². The maximum atomic E-state index is 10.5. The summed E-state index contributed by atoms with van der Waals surface area (Å²) in [6, 6.07) is 0. The summed E-state index contributed by atoms with van der Waals surface area (Å²) in [5, 5.41) is 8.38. The molecule has 1 saturated heterocycles. The van der Waals surface area contributed by atoms with Crippen LogP contribution in [0.3, 0.4) is 0 Å². The Bertz CT molecular complexity index is 115. The zero-order valence-corrected chi connectivity index (χ0v) is 4.91. The number of aliphatic hydroxyl groups is 1. The van der Waals surface area contributed by atoms with Crippen molar-refractivity contribution in [1.82, 2.24) is 4.90 Å². The summed E-state index contributed by atoms with van der Waals surface area (Å²) in [5.74, 6) is 0. The van der Waals surface area contributed by atoms with Gasteiger partial charge in [-0.05, 0) is 0 Å². The number of amides is 1. The van der Waals surface area contributed by atoms with E-state index in [1.807, 2.05) is 0 Å². The van der Waals surface area contributed by atoms with E-state index < -0.39 is 0 Å². The van der Waals surface area contributed by atoms with Crippen LogP contribution in [-0.2, 0) is 4.74 Å². The fourth-order valence-corrected chi connectivity index (χ4v) is 0.651. The summed E-state index contributed by atoms with van der Waals surface area (Å²) in [6.07, 6.45) is -0.371. The first-order valence-corrected chi connectivity index (χ1v) is 2.72. The van der Waals surface area contributed by atoms with Gasteiger partial charge in [0.15, 0.2) is 6.61 Å². The summed E-state index contributed by atoms with van der Waals surface area (Å²) in [5.41, 5.74) is 0. The van der Waals surface area contributed by atoms with Crippen LogP contribution in [-0.4, -0.2) is 35.8 Å². The predicted molar refractivity (Wildman–Crippen MR) is 29.4 cm³/mol. The van der Waals surface area contributed by atoms with Gasteiger partial charge in [0.05, 0.1) is 13.2 Å². The van der Waals surface area contributed by atoms with E-state index in [2.05, 4.69) is 4.74 Å². The van der Waals surface area contributed by atoms with E-state index in [1.165, 1.54) is 11.5 Å². The largest absolute Gasteiger partial charge is 0.440 e. The van der Waals surface area contributed by atoms with Gasteiger partial charge in [0.25, 0.3) is 0 Å². The molecule has 0 spiro atoms. The first-order valence-electron chi connectivity index (χ1n) is 2.72. The number of cyclic esters (lactones) is 1. The predicted octanol–water partition coefficient (Wildman–Crippen LogP) is -0.407. The number of rotatable bonds is 2. The van der Waals surface area contributed by atoms with Gasteiger partial charge in [-0.2, -0.15) is 0 Å². The van der Waals surface area contributed by atoms with E-state index in [-0.39, 0.29) is 12.7 Å². The van der Waals surface area contributed by atoms with Crippen LogP contribution in [0.4, 0.5) is 4.79 Å². The first-order chi connectivity index (χ1) is 4.34. The van der Waals surface area contributed by atoms with Crippen molar-refractivity contribution in [2.24, 2.45) is 0 Å². The fourth-order valence-electron chi connectivity index (χ4n) is 0.651. The molecule has 1 aliphatic heterocycles. The molecule has 0 aliphatic carbocycles. The summed E-state index contributed by atoms with van der Waals surface area (Å²) in [6.45, 7) is 2.25. The molecule has 4 heteroatoms. The lowest BCUT2D eigenvalue weighted by molar-refractivity contribution is 0.157. The van der Waals surface area contributed by atoms with Crippen molar-refractivity contribution in [2.75, 3.05) is 19.7 Å². The van der Waals surface area contributed by atoms with Gasteiger partial charge in [0, 0.05) is 6.54 Å². The second-order valence-electron chi connectivity index (χ2n) is 1.72. The van der Waals surface area contributed by atoms with Gasteiger partial charge in [-0.25, -0.2) is 4.79 Å². The average molecular weight is 130 g/mol. The molecule has 0 aromatic heterocycles. The molecule has 0 aromatic carbocycles. The van der Waals surface area contributed by atoms with Crippen LogP contribution in [0.2, 0.25) is 0 Å². The second-order valence-corrected chi connectivity index (χ2v) is 1.72. The van der Waals surface area contributed by atoms with Crippen LogP contribution in [0.1, 0.15) is 0 Å². The SMILES string of the molecule is O=C1O[CH]CN1CCO. The van der Waals surface area contributed by atoms with Gasteiger partial charge in [-0.1, -0.05) is 0 Å². The zero-order chi connectivity index (χ0) is 6.69. The van der Waals surface area contributed by atoms with Crippen molar-refractivity contribution in [3.63, 3.8) is 0 Å². The van der Waals surface area contributed by atoms with Crippen LogP contribution in [0, 0.1) is 6.61 Å². The monoisotopic (exact) mass is 130 g/mol. The molecule has 0 aromatic rings. The van der Waals surface area contributed by atoms with Crippen molar-refractivity contribution in [3.05, 3.63) is 6.61 Å². The van der Waals surface area contributed by atoms with Gasteiger partial charge in [-0.3, -0.25) is 0 Å². The minimum atomic E-state index is -0.371. The smallest absolute Gasteiger partial charge is 0.410 e. The molecule has 0 bridgehead atoms. The number of ether oxygens (including phenoxy) is 1. The minimum absolute atomic E-state index is 0.0110. The summed E-state index contributed by atoms with van der Waals surface area (Å²) >= 11 is 0. The Morgan fingerprint density at radius 3 is 3.11 bits per heavy atom. The van der Waals surface area contributed by atoms with Crippen molar-refractivity contribution in [2.45, 2.75) is 0 Å². The Morgan fingerprint density at radius 1 is 1.89 bits per heavy atom. The molecule has 1 N–H and O–H groups in total. The van der Waals surface area contributed by atoms with E-state index in [0.29, 0.717) is 13.1 Å². The number of carbonyl (C=O) groups excluding carboxylic acids is 1. The molecule has 0 saturated carbocycles. The third kappa shape index (κ3) is 1.32. The van der Waals surface area contributed by atoms with E-state index in [9.17, 15) is 4.79 Å². The number of hydrogen-bond acceptors (Lipinski definition) is 3. The second kappa shape index (κ2) is 2.68. The Labute approximate surface area is 53.0 Å². The molecule has 1 rings (SSSR count). The summed E-state index contributed by atoms with van der Waals surface area (Å²) in [7, 11) is 0. The summed E-state index contributed by atoms with van der Waals surface area (Å²) in [4.78, 5) is 11.9. The molecule has 1 fully saturated rings. The van der Waals surface area contributed by atoms with E-state index in [1.54, 1.807) is 0 Å². The third-order valence-corrected chi connectivity index (χ3v) is 1.11. The van der Waals surface area contributed by atoms with Gasteiger partial charge < -0.3 is 14.7 Å². The minimum Gasteiger partial charge on any atom is -0.440 e. The number of carbonyl (C=O) groups is 1. The van der Waals surface area contributed by atoms with Crippen LogP contribution in [0.5, 0.6) is 0 Å². The third-order valence-electron chi connectivity index (χ3n) is 1.11. The average Bonchev–Trinajstić information content (AvgIpc) is 2.18. The van der Waals surface area contributed by atoms with Crippen LogP contribution in [0.25, 0.3) is 0 Å². The number of β-amino-alcohol motifs (C(OH)–C–C–N with tert-alkyl or cyclic N) is 1. The van der Waals surface area contributed by atoms with Crippen molar-refractivity contribution < 1.29 is 14.6 Å². The Kier molecular flexibility index (Phi) is 1.89. The number of nitrogens with zero attached hydrogens (tertiary/aromatic N) is 1. The highest BCUT2D eigenvalue weighted by atomic mass is 16.6. The van der Waals surface area contributed by atoms with Crippen molar-refractivity contribution in [3.8, 4) is 0 Å².